The minimum absolute atomic E-state index is 0.00740. The van der Waals surface area contributed by atoms with Crippen LogP contribution in [-0.2, 0) is 9.53 Å². The van der Waals surface area contributed by atoms with Crippen LogP contribution in [0, 0.1) is 0 Å². The monoisotopic (exact) mass is 280 g/mol. The summed E-state index contributed by atoms with van der Waals surface area (Å²) in [6, 6.07) is 1.34. The highest BCUT2D eigenvalue weighted by Gasteiger charge is 2.37. The number of aromatic nitrogens is 1. The van der Waals surface area contributed by atoms with Gasteiger partial charge < -0.3 is 19.9 Å². The first-order valence-electron chi connectivity index (χ1n) is 6.62. The van der Waals surface area contributed by atoms with Gasteiger partial charge in [0.15, 0.2) is 0 Å². The second-order valence-electron chi connectivity index (χ2n) is 5.80. The molecule has 2 atom stereocenters. The highest BCUT2D eigenvalue weighted by molar-refractivity contribution is 5.76. The van der Waals surface area contributed by atoms with Crippen LogP contribution in [0.5, 0.6) is 11.5 Å². The Morgan fingerprint density at radius 2 is 2.20 bits per heavy atom. The van der Waals surface area contributed by atoms with E-state index in [0.717, 1.165) is 13.0 Å². The lowest BCUT2D eigenvalue weighted by Gasteiger charge is -2.35. The van der Waals surface area contributed by atoms with E-state index in [1.54, 1.807) is 0 Å². The summed E-state index contributed by atoms with van der Waals surface area (Å²) in [6.07, 6.45) is 2.86. The lowest BCUT2D eigenvalue weighted by atomic mass is 10.0. The van der Waals surface area contributed by atoms with Crippen molar-refractivity contribution in [3.63, 3.8) is 0 Å². The molecule has 0 aromatic carbocycles. The second-order valence-corrected chi connectivity index (χ2v) is 5.80. The van der Waals surface area contributed by atoms with Gasteiger partial charge in [0.05, 0.1) is 18.4 Å². The Labute approximate surface area is 118 Å². The van der Waals surface area contributed by atoms with E-state index in [0.29, 0.717) is 5.75 Å². The first-order valence-corrected chi connectivity index (χ1v) is 6.62. The number of hydrogen-bond donors (Lipinski definition) is 2. The summed E-state index contributed by atoms with van der Waals surface area (Å²) in [5, 5.41) is 12.5. The minimum atomic E-state index is -0.744. The molecule has 0 saturated carbocycles. The molecule has 0 radical (unpaired) electrons. The highest BCUT2D eigenvalue weighted by Crippen LogP contribution is 2.22. The third-order valence-corrected chi connectivity index (χ3v) is 2.83. The largest absolute Gasteiger partial charge is 0.506 e. The van der Waals surface area contributed by atoms with Crippen molar-refractivity contribution in [2.75, 3.05) is 6.54 Å². The molecule has 110 valence electrons. The predicted molar refractivity (Wildman–Crippen MR) is 72.6 cm³/mol. The van der Waals surface area contributed by atoms with E-state index in [2.05, 4.69) is 10.3 Å². The van der Waals surface area contributed by atoms with Crippen LogP contribution in [0.4, 0.5) is 0 Å². The van der Waals surface area contributed by atoms with Gasteiger partial charge in [-0.25, -0.2) is 4.79 Å². The summed E-state index contributed by atoms with van der Waals surface area (Å²) in [5.74, 6) is -0.0837. The lowest BCUT2D eigenvalue weighted by Crippen LogP contribution is -2.57. The van der Waals surface area contributed by atoms with E-state index in [9.17, 15) is 9.90 Å². The van der Waals surface area contributed by atoms with Crippen molar-refractivity contribution in [3.8, 4) is 11.5 Å². The quantitative estimate of drug-likeness (QED) is 0.808. The molecule has 1 fully saturated rings. The summed E-state index contributed by atoms with van der Waals surface area (Å²) < 4.78 is 11.0. The van der Waals surface area contributed by atoms with Gasteiger partial charge in [-0.1, -0.05) is 0 Å². The number of nitrogens with one attached hydrogen (secondary N) is 1. The van der Waals surface area contributed by atoms with Crippen molar-refractivity contribution in [2.24, 2.45) is 0 Å². The molecule has 2 heterocycles. The second kappa shape index (κ2) is 5.66. The number of esters is 1. The first kappa shape index (κ1) is 14.6. The van der Waals surface area contributed by atoms with Crippen molar-refractivity contribution >= 4 is 5.97 Å². The van der Waals surface area contributed by atoms with Gasteiger partial charge in [-0.3, -0.25) is 4.98 Å². The van der Waals surface area contributed by atoms with Crippen molar-refractivity contribution in [2.45, 2.75) is 44.9 Å². The lowest BCUT2D eigenvalue weighted by molar-refractivity contribution is -0.165. The number of pyridine rings is 1. The van der Waals surface area contributed by atoms with E-state index in [1.165, 1.54) is 18.5 Å². The molecule has 2 N–H and O–H groups in total. The molecule has 1 aromatic heterocycles. The Balaban J connectivity index is 2.09. The fourth-order valence-corrected chi connectivity index (χ4v) is 1.84. The van der Waals surface area contributed by atoms with Gasteiger partial charge in [-0.15, -0.1) is 0 Å². The Kier molecular flexibility index (Phi) is 4.13. The average molecular weight is 280 g/mol. The standard InChI is InChI=1S/C14H20N2O4/c1-14(2,3)20-13(18)12(11-4-5-16-11)19-10-6-9(17)7-15-8-10/h6-8,11-12,16-17H,4-5H2,1-3H3/t11-,12?/m0/s1. The molecule has 0 spiro atoms. The van der Waals surface area contributed by atoms with Crippen LogP contribution in [0.25, 0.3) is 0 Å². The summed E-state index contributed by atoms with van der Waals surface area (Å²) in [7, 11) is 0. The van der Waals surface area contributed by atoms with Crippen molar-refractivity contribution in [1.82, 2.24) is 10.3 Å². The Bertz CT molecular complexity index is 480. The number of rotatable bonds is 4. The van der Waals surface area contributed by atoms with Crippen molar-refractivity contribution in [1.29, 1.82) is 0 Å². The summed E-state index contributed by atoms with van der Waals surface area (Å²) in [6.45, 7) is 6.29. The van der Waals surface area contributed by atoms with E-state index < -0.39 is 17.7 Å². The Morgan fingerprint density at radius 1 is 1.50 bits per heavy atom. The van der Waals surface area contributed by atoms with Gasteiger partial charge in [0.25, 0.3) is 0 Å². The van der Waals surface area contributed by atoms with Crippen molar-refractivity contribution < 1.29 is 19.4 Å². The predicted octanol–water partition coefficient (Wildman–Crippen LogP) is 1.24. The number of carbonyl (C=O) groups is 1. The van der Waals surface area contributed by atoms with Crippen LogP contribution in [0.1, 0.15) is 27.2 Å². The maximum atomic E-state index is 12.2. The third-order valence-electron chi connectivity index (χ3n) is 2.83. The van der Waals surface area contributed by atoms with Crippen LogP contribution in [0.15, 0.2) is 18.5 Å². The Hall–Kier alpha value is -1.82. The van der Waals surface area contributed by atoms with E-state index in [4.69, 9.17) is 9.47 Å². The molecule has 0 bridgehead atoms. The zero-order valence-corrected chi connectivity index (χ0v) is 11.9. The molecule has 20 heavy (non-hydrogen) atoms. The number of hydrogen-bond acceptors (Lipinski definition) is 6. The summed E-state index contributed by atoms with van der Waals surface area (Å²) in [5.41, 5.74) is -0.570. The van der Waals surface area contributed by atoms with Gasteiger partial charge in [0, 0.05) is 6.07 Å². The molecular weight excluding hydrogens is 260 g/mol. The SMILES string of the molecule is CC(C)(C)OC(=O)C(Oc1cncc(O)c1)[C@@H]1CCN1. The number of aromatic hydroxyl groups is 1. The topological polar surface area (TPSA) is 80.7 Å². The number of ether oxygens (including phenoxy) is 2. The van der Waals surface area contributed by atoms with Crippen LogP contribution in [-0.4, -0.2) is 40.4 Å². The Morgan fingerprint density at radius 3 is 2.70 bits per heavy atom. The average Bonchev–Trinajstić information content (AvgIpc) is 2.23. The van der Waals surface area contributed by atoms with Crippen molar-refractivity contribution in [3.05, 3.63) is 18.5 Å². The molecule has 0 amide bonds. The fourth-order valence-electron chi connectivity index (χ4n) is 1.84. The molecule has 1 aromatic rings. The van der Waals surface area contributed by atoms with E-state index >= 15 is 0 Å². The minimum Gasteiger partial charge on any atom is -0.506 e. The van der Waals surface area contributed by atoms with Crippen LogP contribution in [0.3, 0.4) is 0 Å². The molecule has 1 saturated heterocycles. The zero-order chi connectivity index (χ0) is 14.8. The smallest absolute Gasteiger partial charge is 0.349 e. The van der Waals surface area contributed by atoms with E-state index in [-0.39, 0.29) is 11.8 Å². The zero-order valence-electron chi connectivity index (χ0n) is 11.9. The fraction of sp³-hybridized carbons (Fsp3) is 0.571. The van der Waals surface area contributed by atoms with Gasteiger partial charge in [0.1, 0.15) is 17.1 Å². The molecule has 0 aliphatic carbocycles. The first-order chi connectivity index (χ1) is 9.35. The number of carbonyl (C=O) groups excluding carboxylic acids is 1. The number of nitrogens with zero attached hydrogens (tertiary/aromatic N) is 1. The molecule has 1 unspecified atom stereocenters. The molecule has 2 rings (SSSR count). The molecule has 1 aliphatic rings. The van der Waals surface area contributed by atoms with Gasteiger partial charge in [-0.05, 0) is 33.7 Å². The van der Waals surface area contributed by atoms with Crippen LogP contribution < -0.4 is 10.1 Å². The maximum Gasteiger partial charge on any atom is 0.349 e. The van der Waals surface area contributed by atoms with Crippen LogP contribution >= 0.6 is 0 Å². The van der Waals surface area contributed by atoms with Crippen LogP contribution in [0.2, 0.25) is 0 Å². The third kappa shape index (κ3) is 3.84. The normalized spacial score (nSPS) is 19.9. The molecular formula is C14H20N2O4. The summed E-state index contributed by atoms with van der Waals surface area (Å²) in [4.78, 5) is 16.0. The van der Waals surface area contributed by atoms with Gasteiger partial charge >= 0.3 is 5.97 Å². The molecule has 6 nitrogen and oxygen atoms in total. The molecule has 6 heteroatoms. The van der Waals surface area contributed by atoms with Gasteiger partial charge in [-0.2, -0.15) is 0 Å². The van der Waals surface area contributed by atoms with E-state index in [1.807, 2.05) is 20.8 Å². The summed E-state index contributed by atoms with van der Waals surface area (Å²) >= 11 is 0. The van der Waals surface area contributed by atoms with Gasteiger partial charge in [0.2, 0.25) is 6.10 Å². The maximum absolute atomic E-state index is 12.2. The highest BCUT2D eigenvalue weighted by atomic mass is 16.6. The molecule has 1 aliphatic heterocycles.